The van der Waals surface area contributed by atoms with Crippen molar-refractivity contribution >= 4 is 23.5 Å². The molecule has 11 heteroatoms. The molecule has 3 aromatic rings. The highest BCUT2D eigenvalue weighted by molar-refractivity contribution is 5.97. The van der Waals surface area contributed by atoms with E-state index in [1.807, 2.05) is 11.4 Å². The fraction of sp³-hybridized carbons (Fsp3) is 0.238. The van der Waals surface area contributed by atoms with Crippen LogP contribution < -0.4 is 16.0 Å². The molecule has 0 radical (unpaired) electrons. The molecule has 0 unspecified atom stereocenters. The van der Waals surface area contributed by atoms with Crippen molar-refractivity contribution in [3.05, 3.63) is 59.2 Å². The van der Waals surface area contributed by atoms with Crippen molar-refractivity contribution in [3.63, 3.8) is 0 Å². The molecular weight excluding hydrogens is 425 g/mol. The van der Waals surface area contributed by atoms with Crippen molar-refractivity contribution < 1.29 is 22.8 Å². The number of hydrogen-bond acceptors (Lipinski definition) is 5. The number of nitrogens with one attached hydrogen (secondary N) is 3. The van der Waals surface area contributed by atoms with Crippen LogP contribution in [0.2, 0.25) is 0 Å². The third kappa shape index (κ3) is 4.71. The smallest absolute Gasteiger partial charge is 0.352 e. The molecule has 4 rings (SSSR count). The Bertz CT molecular complexity index is 1190. The van der Waals surface area contributed by atoms with E-state index in [0.717, 1.165) is 17.7 Å². The average molecular weight is 444 g/mol. The van der Waals surface area contributed by atoms with E-state index in [9.17, 15) is 22.8 Å². The van der Waals surface area contributed by atoms with E-state index in [-0.39, 0.29) is 11.5 Å². The number of carbonyl (C=O) groups excluding carboxylic acids is 2. The van der Waals surface area contributed by atoms with E-state index < -0.39 is 18.6 Å². The maximum Gasteiger partial charge on any atom is 0.405 e. The van der Waals surface area contributed by atoms with Gasteiger partial charge in [0.25, 0.3) is 11.8 Å². The van der Waals surface area contributed by atoms with E-state index in [1.165, 1.54) is 16.8 Å². The van der Waals surface area contributed by atoms with E-state index in [4.69, 9.17) is 0 Å². The van der Waals surface area contributed by atoms with Gasteiger partial charge < -0.3 is 16.0 Å². The quantitative estimate of drug-likeness (QED) is 0.562. The van der Waals surface area contributed by atoms with Gasteiger partial charge in [-0.05, 0) is 42.3 Å². The summed E-state index contributed by atoms with van der Waals surface area (Å²) in [6.07, 6.45) is -3.76. The summed E-state index contributed by atoms with van der Waals surface area (Å²) < 4.78 is 38.6. The zero-order chi connectivity index (χ0) is 22.9. The summed E-state index contributed by atoms with van der Waals surface area (Å²) in [5.74, 6) is -0.209. The van der Waals surface area contributed by atoms with Gasteiger partial charge in [-0.15, -0.1) is 5.10 Å². The van der Waals surface area contributed by atoms with Gasteiger partial charge in [0.15, 0.2) is 5.82 Å². The van der Waals surface area contributed by atoms with Gasteiger partial charge >= 0.3 is 6.18 Å². The SMILES string of the molecule is Cn1nc(-c2cccc(C(=O)NCC(F)(F)F)c2)nc1Nc1ccc2c(c1)CCNC2=O. The Labute approximate surface area is 180 Å². The van der Waals surface area contributed by atoms with E-state index >= 15 is 0 Å². The minimum absolute atomic E-state index is 0.0710. The van der Waals surface area contributed by atoms with Gasteiger partial charge in [-0.3, -0.25) is 9.59 Å². The number of rotatable bonds is 5. The largest absolute Gasteiger partial charge is 0.405 e. The van der Waals surface area contributed by atoms with Gasteiger partial charge in [0.05, 0.1) is 0 Å². The van der Waals surface area contributed by atoms with Crippen LogP contribution in [0.15, 0.2) is 42.5 Å². The molecule has 2 heterocycles. The number of anilines is 2. The molecule has 1 aromatic heterocycles. The Balaban J connectivity index is 1.53. The van der Waals surface area contributed by atoms with Crippen LogP contribution in [0.5, 0.6) is 0 Å². The summed E-state index contributed by atoms with van der Waals surface area (Å²) in [7, 11) is 1.69. The summed E-state index contributed by atoms with van der Waals surface area (Å²) >= 11 is 0. The number of alkyl halides is 3. The third-order valence-corrected chi connectivity index (χ3v) is 4.88. The summed E-state index contributed by atoms with van der Waals surface area (Å²) in [5, 5.41) is 12.1. The Morgan fingerprint density at radius 3 is 2.81 bits per heavy atom. The molecule has 0 bridgehead atoms. The molecule has 0 fully saturated rings. The lowest BCUT2D eigenvalue weighted by atomic mass is 10.00. The fourth-order valence-corrected chi connectivity index (χ4v) is 3.33. The molecule has 3 N–H and O–H groups in total. The van der Waals surface area contributed by atoms with E-state index in [2.05, 4.69) is 20.7 Å². The molecule has 32 heavy (non-hydrogen) atoms. The van der Waals surface area contributed by atoms with Crippen molar-refractivity contribution in [2.75, 3.05) is 18.4 Å². The second-order valence-electron chi connectivity index (χ2n) is 7.26. The maximum absolute atomic E-state index is 12.4. The lowest BCUT2D eigenvalue weighted by molar-refractivity contribution is -0.123. The molecular formula is C21H19F3N6O2. The number of nitrogens with zero attached hydrogens (tertiary/aromatic N) is 3. The first kappa shape index (κ1) is 21.3. The van der Waals surface area contributed by atoms with Crippen molar-refractivity contribution in [1.29, 1.82) is 0 Å². The molecule has 8 nitrogen and oxygen atoms in total. The number of hydrogen-bond donors (Lipinski definition) is 3. The third-order valence-electron chi connectivity index (χ3n) is 4.88. The van der Waals surface area contributed by atoms with Crippen molar-refractivity contribution in [1.82, 2.24) is 25.4 Å². The number of aryl methyl sites for hydroxylation is 1. The zero-order valence-corrected chi connectivity index (χ0v) is 17.0. The van der Waals surface area contributed by atoms with Crippen molar-refractivity contribution in [3.8, 4) is 11.4 Å². The Kier molecular flexibility index (Phi) is 5.56. The first-order chi connectivity index (χ1) is 15.2. The van der Waals surface area contributed by atoms with Crippen LogP contribution >= 0.6 is 0 Å². The van der Waals surface area contributed by atoms with Crippen molar-refractivity contribution in [2.24, 2.45) is 7.05 Å². The number of carbonyl (C=O) groups is 2. The lowest BCUT2D eigenvalue weighted by Crippen LogP contribution is -2.33. The first-order valence-electron chi connectivity index (χ1n) is 9.74. The summed E-state index contributed by atoms with van der Waals surface area (Å²) in [5.41, 5.74) is 2.86. The molecule has 1 aliphatic heterocycles. The molecule has 2 aromatic carbocycles. The highest BCUT2D eigenvalue weighted by atomic mass is 19.4. The second-order valence-corrected chi connectivity index (χ2v) is 7.26. The van der Waals surface area contributed by atoms with Crippen LogP contribution in [0.3, 0.4) is 0 Å². The Morgan fingerprint density at radius 1 is 1.22 bits per heavy atom. The van der Waals surface area contributed by atoms with Crippen LogP contribution in [0.1, 0.15) is 26.3 Å². The summed E-state index contributed by atoms with van der Waals surface area (Å²) in [6.45, 7) is -0.829. The molecule has 0 atom stereocenters. The summed E-state index contributed by atoms with van der Waals surface area (Å²) in [4.78, 5) is 28.4. The molecule has 0 spiro atoms. The van der Waals surface area contributed by atoms with Gasteiger partial charge in [0.1, 0.15) is 6.54 Å². The molecule has 1 aliphatic rings. The summed E-state index contributed by atoms with van der Waals surface area (Å²) in [6, 6.07) is 11.5. The minimum Gasteiger partial charge on any atom is -0.352 e. The highest BCUT2D eigenvalue weighted by Crippen LogP contribution is 2.24. The molecule has 0 saturated carbocycles. The number of halogens is 3. The number of amides is 2. The lowest BCUT2D eigenvalue weighted by Gasteiger charge is -2.17. The molecule has 0 aliphatic carbocycles. The standard InChI is InChI=1S/C21H19F3N6O2/c1-30-20(27-15-5-6-16-12(10-15)7-8-25-19(16)32)28-17(29-30)13-3-2-4-14(9-13)18(31)26-11-21(22,23)24/h2-6,9-10H,7-8,11H2,1H3,(H,25,32)(H,26,31)(H,27,28,29). The average Bonchev–Trinajstić information content (AvgIpc) is 3.12. The van der Waals surface area contributed by atoms with Gasteiger partial charge in [-0.2, -0.15) is 18.2 Å². The van der Waals surface area contributed by atoms with Gasteiger partial charge in [0, 0.05) is 36.0 Å². The molecule has 0 saturated heterocycles. The number of aromatic nitrogens is 3. The minimum atomic E-state index is -4.49. The van der Waals surface area contributed by atoms with Crippen LogP contribution in [0.4, 0.5) is 24.8 Å². The van der Waals surface area contributed by atoms with Crippen LogP contribution in [0, 0.1) is 0 Å². The molecule has 2 amide bonds. The number of fused-ring (bicyclic) bond motifs is 1. The van der Waals surface area contributed by atoms with Crippen LogP contribution in [-0.2, 0) is 13.5 Å². The normalized spacial score (nSPS) is 13.3. The first-order valence-corrected chi connectivity index (χ1v) is 9.74. The maximum atomic E-state index is 12.4. The fourth-order valence-electron chi connectivity index (χ4n) is 3.33. The Hall–Kier alpha value is -3.89. The second kappa shape index (κ2) is 8.33. The van der Waals surface area contributed by atoms with E-state index in [0.29, 0.717) is 29.4 Å². The number of benzene rings is 2. The topological polar surface area (TPSA) is 101 Å². The van der Waals surface area contributed by atoms with E-state index in [1.54, 1.807) is 31.3 Å². The molecule has 166 valence electrons. The van der Waals surface area contributed by atoms with Gasteiger partial charge in [-0.25, -0.2) is 4.68 Å². The predicted molar refractivity (Wildman–Crippen MR) is 111 cm³/mol. The van der Waals surface area contributed by atoms with Crippen LogP contribution in [-0.4, -0.2) is 45.8 Å². The van der Waals surface area contributed by atoms with Crippen LogP contribution in [0.25, 0.3) is 11.4 Å². The van der Waals surface area contributed by atoms with Gasteiger partial charge in [-0.1, -0.05) is 12.1 Å². The zero-order valence-electron chi connectivity index (χ0n) is 17.0. The van der Waals surface area contributed by atoms with Crippen molar-refractivity contribution in [2.45, 2.75) is 12.6 Å². The Morgan fingerprint density at radius 2 is 2.03 bits per heavy atom. The predicted octanol–water partition coefficient (Wildman–Crippen LogP) is 2.80. The van der Waals surface area contributed by atoms with Gasteiger partial charge in [0.2, 0.25) is 5.95 Å². The monoisotopic (exact) mass is 444 g/mol. The highest BCUT2D eigenvalue weighted by Gasteiger charge is 2.28.